The van der Waals surface area contributed by atoms with Gasteiger partial charge in [0.05, 0.1) is 0 Å². The summed E-state index contributed by atoms with van der Waals surface area (Å²) in [7, 11) is 0. The van der Waals surface area contributed by atoms with Gasteiger partial charge in [-0.3, -0.25) is 4.79 Å². The Bertz CT molecular complexity index is 579. The number of carbonyl (C=O) groups is 3. The van der Waals surface area contributed by atoms with Crippen LogP contribution in [0.25, 0.3) is 0 Å². The Kier molecular flexibility index (Phi) is 4.35. The van der Waals surface area contributed by atoms with E-state index < -0.39 is 11.5 Å². The van der Waals surface area contributed by atoms with Crippen LogP contribution < -0.4 is 16.0 Å². The van der Waals surface area contributed by atoms with E-state index in [1.54, 1.807) is 0 Å². The molecule has 3 amide bonds. The number of aliphatic carboxylic acids is 1. The van der Waals surface area contributed by atoms with Crippen LogP contribution in [0, 0.1) is 17.8 Å². The van der Waals surface area contributed by atoms with Crippen LogP contribution in [-0.4, -0.2) is 40.6 Å². The molecule has 0 heterocycles. The molecule has 4 bridgehead atoms. The third-order valence-electron chi connectivity index (χ3n) is 7.05. The Hall–Kier alpha value is -1.79. The number of hydrogen-bond donors (Lipinski definition) is 4. The van der Waals surface area contributed by atoms with Gasteiger partial charge >= 0.3 is 12.0 Å². The van der Waals surface area contributed by atoms with E-state index >= 15 is 0 Å². The zero-order valence-corrected chi connectivity index (χ0v) is 15.2. The molecule has 0 radical (unpaired) electrons. The first-order valence-corrected chi connectivity index (χ1v) is 9.99. The number of amides is 3. The van der Waals surface area contributed by atoms with Crippen LogP contribution >= 0.6 is 0 Å². The van der Waals surface area contributed by atoms with Gasteiger partial charge in [0.25, 0.3) is 0 Å². The summed E-state index contributed by atoms with van der Waals surface area (Å²) < 4.78 is 0. The molecule has 5 aliphatic rings. The second-order valence-corrected chi connectivity index (χ2v) is 9.12. The van der Waals surface area contributed by atoms with E-state index in [1.807, 2.05) is 0 Å². The summed E-state index contributed by atoms with van der Waals surface area (Å²) in [5, 5.41) is 17.9. The van der Waals surface area contributed by atoms with E-state index in [4.69, 9.17) is 0 Å². The third kappa shape index (κ3) is 3.28. The molecule has 0 unspecified atom stereocenters. The molecule has 5 rings (SSSR count). The van der Waals surface area contributed by atoms with E-state index in [0.29, 0.717) is 12.8 Å². The van der Waals surface area contributed by atoms with Crippen LogP contribution in [0.5, 0.6) is 0 Å². The monoisotopic (exact) mass is 363 g/mol. The van der Waals surface area contributed by atoms with Crippen LogP contribution in [-0.2, 0) is 9.59 Å². The highest BCUT2D eigenvalue weighted by atomic mass is 16.4. The maximum atomic E-state index is 12.3. The molecule has 7 heteroatoms. The maximum Gasteiger partial charge on any atom is 0.329 e. The molecule has 0 aromatic heterocycles. The minimum Gasteiger partial charge on any atom is -0.480 e. The van der Waals surface area contributed by atoms with Crippen molar-refractivity contribution in [1.29, 1.82) is 0 Å². The van der Waals surface area contributed by atoms with Crippen molar-refractivity contribution < 1.29 is 19.5 Å². The van der Waals surface area contributed by atoms with Crippen molar-refractivity contribution in [3.63, 3.8) is 0 Å². The van der Waals surface area contributed by atoms with Gasteiger partial charge in [-0.2, -0.15) is 0 Å². The molecule has 144 valence electrons. The van der Waals surface area contributed by atoms with Crippen LogP contribution in [0.1, 0.15) is 64.2 Å². The number of rotatable bonds is 6. The van der Waals surface area contributed by atoms with Gasteiger partial charge in [-0.25, -0.2) is 9.59 Å². The van der Waals surface area contributed by atoms with Gasteiger partial charge in [0.15, 0.2) is 0 Å². The highest BCUT2D eigenvalue weighted by Crippen LogP contribution is 2.55. The summed E-state index contributed by atoms with van der Waals surface area (Å²) in [6.45, 7) is 0.222. The van der Waals surface area contributed by atoms with Crippen LogP contribution in [0.2, 0.25) is 0 Å². The fourth-order valence-electron chi connectivity index (χ4n) is 6.09. The molecular weight excluding hydrogens is 334 g/mol. The number of urea groups is 1. The van der Waals surface area contributed by atoms with E-state index in [0.717, 1.165) is 43.4 Å². The zero-order chi connectivity index (χ0) is 18.4. The zero-order valence-electron chi connectivity index (χ0n) is 15.2. The molecule has 0 spiro atoms. The number of nitrogens with one attached hydrogen (secondary N) is 3. The summed E-state index contributed by atoms with van der Waals surface area (Å²) in [5.41, 5.74) is -1.13. The number of carbonyl (C=O) groups excluding carboxylic acids is 2. The van der Waals surface area contributed by atoms with Crippen molar-refractivity contribution in [1.82, 2.24) is 16.0 Å². The molecule has 4 N–H and O–H groups in total. The number of carboxylic acid groups (broad SMARTS) is 1. The minimum atomic E-state index is -1.08. The Morgan fingerprint density at radius 3 is 1.96 bits per heavy atom. The Morgan fingerprint density at radius 2 is 1.50 bits per heavy atom. The molecule has 0 aromatic carbocycles. The SMILES string of the molecule is O=C(CCNC(=O)NC12CC3CC(CC(C3)C1)C2)NC1(C(=O)O)CCC1. The average molecular weight is 363 g/mol. The lowest BCUT2D eigenvalue weighted by Gasteiger charge is -2.56. The van der Waals surface area contributed by atoms with Gasteiger partial charge in [-0.1, -0.05) is 0 Å². The Balaban J connectivity index is 1.21. The van der Waals surface area contributed by atoms with Gasteiger partial charge < -0.3 is 21.1 Å². The lowest BCUT2D eigenvalue weighted by Crippen LogP contribution is -2.61. The molecule has 26 heavy (non-hydrogen) atoms. The molecule has 0 atom stereocenters. The minimum absolute atomic E-state index is 0.0413. The maximum absolute atomic E-state index is 12.3. The van der Waals surface area contributed by atoms with Gasteiger partial charge in [-0.05, 0) is 75.5 Å². The summed E-state index contributed by atoms with van der Waals surface area (Å²) in [6.07, 6.45) is 9.13. The molecule has 5 aliphatic carbocycles. The van der Waals surface area contributed by atoms with Crippen molar-refractivity contribution in [2.24, 2.45) is 17.8 Å². The molecular formula is C19H29N3O4. The van der Waals surface area contributed by atoms with Gasteiger partial charge in [0.2, 0.25) is 5.91 Å². The summed E-state index contributed by atoms with van der Waals surface area (Å²) in [5.74, 6) is 1.01. The van der Waals surface area contributed by atoms with Crippen LogP contribution in [0.3, 0.4) is 0 Å². The fraction of sp³-hybridized carbons (Fsp3) is 0.842. The summed E-state index contributed by atoms with van der Waals surface area (Å²) >= 11 is 0. The van der Waals surface area contributed by atoms with Crippen molar-refractivity contribution in [2.75, 3.05) is 6.54 Å². The average Bonchev–Trinajstić information content (AvgIpc) is 2.48. The van der Waals surface area contributed by atoms with Gasteiger partial charge in [-0.15, -0.1) is 0 Å². The van der Waals surface area contributed by atoms with Crippen molar-refractivity contribution in [3.8, 4) is 0 Å². The quantitative estimate of drug-likeness (QED) is 0.577. The second kappa shape index (κ2) is 6.43. The molecule has 5 saturated carbocycles. The smallest absolute Gasteiger partial charge is 0.329 e. The Labute approximate surface area is 153 Å². The van der Waals surface area contributed by atoms with E-state index in [2.05, 4.69) is 16.0 Å². The molecule has 0 saturated heterocycles. The molecule has 7 nitrogen and oxygen atoms in total. The highest BCUT2D eigenvalue weighted by Gasteiger charge is 2.51. The first-order chi connectivity index (χ1) is 12.4. The first kappa shape index (κ1) is 17.6. The van der Waals surface area contributed by atoms with Crippen molar-refractivity contribution >= 4 is 17.9 Å². The summed E-state index contributed by atoms with van der Waals surface area (Å²) in [6, 6.07) is -0.198. The topological polar surface area (TPSA) is 108 Å². The van der Waals surface area contributed by atoms with Gasteiger partial charge in [0, 0.05) is 18.5 Å². The predicted molar refractivity (Wildman–Crippen MR) is 94.4 cm³/mol. The normalized spacial score (nSPS) is 36.1. The van der Waals surface area contributed by atoms with Crippen molar-refractivity contribution in [2.45, 2.75) is 75.3 Å². The molecule has 0 aromatic rings. The van der Waals surface area contributed by atoms with E-state index in [-0.39, 0.29) is 30.4 Å². The largest absolute Gasteiger partial charge is 0.480 e. The lowest BCUT2D eigenvalue weighted by molar-refractivity contribution is -0.151. The molecule has 0 aliphatic heterocycles. The fourth-order valence-corrected chi connectivity index (χ4v) is 6.09. The van der Waals surface area contributed by atoms with E-state index in [9.17, 15) is 19.5 Å². The van der Waals surface area contributed by atoms with Gasteiger partial charge in [0.1, 0.15) is 5.54 Å². The van der Waals surface area contributed by atoms with Crippen LogP contribution in [0.4, 0.5) is 4.79 Å². The number of carboxylic acids is 1. The Morgan fingerprint density at radius 1 is 0.923 bits per heavy atom. The standard InChI is InChI=1S/C19H29N3O4/c23-15(21-19(16(24)25)3-1-4-19)2-5-20-17(26)22-18-9-12-6-13(10-18)8-14(7-12)11-18/h12-14H,1-11H2,(H,21,23)(H,24,25)(H2,20,22,26). The second-order valence-electron chi connectivity index (χ2n) is 9.12. The van der Waals surface area contributed by atoms with Crippen LogP contribution in [0.15, 0.2) is 0 Å². The first-order valence-electron chi connectivity index (χ1n) is 9.99. The number of hydrogen-bond acceptors (Lipinski definition) is 3. The lowest BCUT2D eigenvalue weighted by atomic mass is 9.53. The van der Waals surface area contributed by atoms with E-state index in [1.165, 1.54) is 19.3 Å². The summed E-state index contributed by atoms with van der Waals surface area (Å²) in [4.78, 5) is 35.6. The van der Waals surface area contributed by atoms with Crippen molar-refractivity contribution in [3.05, 3.63) is 0 Å². The third-order valence-corrected chi connectivity index (χ3v) is 7.05. The predicted octanol–water partition coefficient (Wildman–Crippen LogP) is 1.77. The molecule has 5 fully saturated rings. The highest BCUT2D eigenvalue weighted by molar-refractivity contribution is 5.88.